The highest BCUT2D eigenvalue weighted by atomic mass is 32.1. The van der Waals surface area contributed by atoms with Gasteiger partial charge in [0.25, 0.3) is 0 Å². The molecule has 56 heavy (non-hydrogen) atoms. The Hall–Kier alpha value is -5.45. The first-order valence-corrected chi connectivity index (χ1v) is 21.4. The fraction of sp³-hybridized carbons (Fsp3) is 0.250. The summed E-state index contributed by atoms with van der Waals surface area (Å²) in [5, 5.41) is 2.76. The van der Waals surface area contributed by atoms with Crippen molar-refractivity contribution in [1.29, 1.82) is 0 Å². The lowest BCUT2D eigenvalue weighted by Gasteiger charge is -2.61. The quantitative estimate of drug-likeness (QED) is 0.181. The number of nitrogens with zero attached hydrogens (tertiary/aromatic N) is 3. The van der Waals surface area contributed by atoms with Crippen LogP contribution >= 0.6 is 11.3 Å². The molecule has 2 heterocycles. The Morgan fingerprint density at radius 1 is 0.464 bits per heavy atom. The molecule has 4 saturated carbocycles. The maximum atomic E-state index is 5.52. The van der Waals surface area contributed by atoms with Gasteiger partial charge in [0, 0.05) is 47.7 Å². The molecule has 2 aromatic heterocycles. The molecule has 4 bridgehead atoms. The van der Waals surface area contributed by atoms with Crippen LogP contribution in [-0.4, -0.2) is 15.0 Å². The lowest BCUT2D eigenvalue weighted by atomic mass is 9.43. The molecule has 3 nitrogen and oxygen atoms in total. The molecule has 0 aliphatic heterocycles. The van der Waals surface area contributed by atoms with Crippen molar-refractivity contribution in [2.24, 2.45) is 23.7 Å². The molecule has 0 N–H and O–H groups in total. The summed E-state index contributed by atoms with van der Waals surface area (Å²) in [4.78, 5) is 16.2. The zero-order valence-electron chi connectivity index (χ0n) is 31.7. The molecule has 0 unspecified atom stereocenters. The summed E-state index contributed by atoms with van der Waals surface area (Å²) >= 11 is 1.96. The van der Waals surface area contributed by atoms with Crippen LogP contribution in [0.2, 0.25) is 0 Å². The van der Waals surface area contributed by atoms with Crippen LogP contribution in [0, 0.1) is 23.7 Å². The molecule has 6 aliphatic carbocycles. The van der Waals surface area contributed by atoms with Crippen molar-refractivity contribution >= 4 is 31.5 Å². The zero-order chi connectivity index (χ0) is 36.9. The predicted octanol–water partition coefficient (Wildman–Crippen LogP) is 13.3. The SMILES string of the molecule is CC1(C)c2ccccc2-c2ccc(-c3nc(-c4ccccc4)nc(-c4cccc5c4C4(c6cc7sc8ccccc8c7cc6-5)C5CC6CC(C5)CC4C6)n3)cc21. The molecule has 0 atom stereocenters. The second kappa shape index (κ2) is 11.1. The smallest absolute Gasteiger partial charge is 0.164 e. The summed E-state index contributed by atoms with van der Waals surface area (Å²) < 4.78 is 2.80. The van der Waals surface area contributed by atoms with Crippen LogP contribution in [0.3, 0.4) is 0 Å². The topological polar surface area (TPSA) is 38.7 Å². The van der Waals surface area contributed by atoms with Crippen molar-refractivity contribution in [2.45, 2.75) is 56.8 Å². The first kappa shape index (κ1) is 31.7. The second-order valence-electron chi connectivity index (χ2n) is 18.0. The van der Waals surface area contributed by atoms with Gasteiger partial charge in [0.15, 0.2) is 17.5 Å². The minimum atomic E-state index is -0.114. The maximum absolute atomic E-state index is 5.52. The fourth-order valence-corrected chi connectivity index (χ4v) is 14.0. The maximum Gasteiger partial charge on any atom is 0.164 e. The van der Waals surface area contributed by atoms with Gasteiger partial charge in [0.1, 0.15) is 0 Å². The highest BCUT2D eigenvalue weighted by molar-refractivity contribution is 7.25. The van der Waals surface area contributed by atoms with Crippen LogP contribution in [0.15, 0.2) is 127 Å². The molecule has 0 radical (unpaired) electrons. The Bertz CT molecular complexity index is 2940. The van der Waals surface area contributed by atoms with Crippen LogP contribution in [0.4, 0.5) is 0 Å². The van der Waals surface area contributed by atoms with E-state index in [4.69, 9.17) is 15.0 Å². The van der Waals surface area contributed by atoms with E-state index in [9.17, 15) is 0 Å². The highest BCUT2D eigenvalue weighted by Crippen LogP contribution is 2.71. The third-order valence-electron chi connectivity index (χ3n) is 14.9. The largest absolute Gasteiger partial charge is 0.208 e. The summed E-state index contributed by atoms with van der Waals surface area (Å²) in [7, 11) is 0. The van der Waals surface area contributed by atoms with Gasteiger partial charge in [-0.25, -0.2) is 15.0 Å². The van der Waals surface area contributed by atoms with Crippen molar-refractivity contribution in [2.75, 3.05) is 0 Å². The van der Waals surface area contributed by atoms with Gasteiger partial charge in [-0.05, 0) is 125 Å². The predicted molar refractivity (Wildman–Crippen MR) is 230 cm³/mol. The molecule has 8 aromatic rings. The molecular weight excluding hydrogens is 699 g/mol. The molecule has 0 saturated heterocycles. The van der Waals surface area contributed by atoms with Gasteiger partial charge in [-0.15, -0.1) is 11.3 Å². The number of hydrogen-bond donors (Lipinski definition) is 0. The number of thiophene rings is 1. The van der Waals surface area contributed by atoms with Crippen molar-refractivity contribution in [3.63, 3.8) is 0 Å². The van der Waals surface area contributed by atoms with Crippen molar-refractivity contribution < 1.29 is 0 Å². The number of aromatic nitrogens is 3. The van der Waals surface area contributed by atoms with Crippen molar-refractivity contribution in [3.8, 4) is 56.4 Å². The first-order valence-electron chi connectivity index (χ1n) is 20.6. The summed E-state index contributed by atoms with van der Waals surface area (Å²) in [6.45, 7) is 4.69. The monoisotopic (exact) mass is 739 g/mol. The normalized spacial score (nSPS) is 24.5. The highest BCUT2D eigenvalue weighted by Gasteiger charge is 2.62. The van der Waals surface area contributed by atoms with Gasteiger partial charge in [0.2, 0.25) is 0 Å². The number of benzene rings is 6. The lowest BCUT2D eigenvalue weighted by Crippen LogP contribution is -2.55. The average molecular weight is 740 g/mol. The van der Waals surface area contributed by atoms with Crippen molar-refractivity contribution in [1.82, 2.24) is 15.0 Å². The van der Waals surface area contributed by atoms with Gasteiger partial charge >= 0.3 is 0 Å². The van der Waals surface area contributed by atoms with E-state index in [1.807, 2.05) is 11.3 Å². The average Bonchev–Trinajstić information content (AvgIpc) is 3.82. The van der Waals surface area contributed by atoms with E-state index in [0.29, 0.717) is 11.8 Å². The molecule has 4 fully saturated rings. The number of rotatable bonds is 3. The Morgan fingerprint density at radius 2 is 1.12 bits per heavy atom. The molecule has 270 valence electrons. The van der Waals surface area contributed by atoms with E-state index in [-0.39, 0.29) is 10.8 Å². The Kier molecular flexibility index (Phi) is 6.29. The van der Waals surface area contributed by atoms with Gasteiger partial charge in [0.05, 0.1) is 0 Å². The molecule has 4 heteroatoms. The summed E-state index contributed by atoms with van der Waals surface area (Å²) in [5.41, 5.74) is 14.3. The minimum absolute atomic E-state index is 0.0396. The van der Waals surface area contributed by atoms with Gasteiger partial charge in [-0.3, -0.25) is 0 Å². The Morgan fingerprint density at radius 3 is 1.95 bits per heavy atom. The van der Waals surface area contributed by atoms with Crippen LogP contribution in [0.5, 0.6) is 0 Å². The van der Waals surface area contributed by atoms with Crippen LogP contribution in [0.1, 0.15) is 68.2 Å². The Balaban J connectivity index is 1.06. The minimum Gasteiger partial charge on any atom is -0.208 e. The second-order valence-corrected chi connectivity index (χ2v) is 19.1. The summed E-state index contributed by atoms with van der Waals surface area (Å²) in [5.74, 6) is 5.24. The molecule has 6 aromatic carbocycles. The molecule has 0 amide bonds. The zero-order valence-corrected chi connectivity index (χ0v) is 32.5. The van der Waals surface area contributed by atoms with E-state index < -0.39 is 0 Å². The van der Waals surface area contributed by atoms with Crippen molar-refractivity contribution in [3.05, 3.63) is 150 Å². The molecular formula is C52H41N3S. The summed E-state index contributed by atoms with van der Waals surface area (Å²) in [6.07, 6.45) is 6.75. The molecule has 6 aliphatic rings. The Labute approximate surface area is 331 Å². The fourth-order valence-electron chi connectivity index (χ4n) is 12.8. The summed E-state index contributed by atoms with van der Waals surface area (Å²) in [6, 6.07) is 47.4. The first-order chi connectivity index (χ1) is 27.4. The van der Waals surface area contributed by atoms with Crippen LogP contribution in [0.25, 0.3) is 76.6 Å². The van der Waals surface area contributed by atoms with E-state index in [2.05, 4.69) is 141 Å². The number of hydrogen-bond acceptors (Lipinski definition) is 4. The van der Waals surface area contributed by atoms with E-state index in [0.717, 1.165) is 40.4 Å². The molecule has 14 rings (SSSR count). The number of fused-ring (bicyclic) bond motifs is 9. The third kappa shape index (κ3) is 4.10. The van der Waals surface area contributed by atoms with Crippen LogP contribution in [-0.2, 0) is 10.8 Å². The van der Waals surface area contributed by atoms with E-state index in [1.165, 1.54) is 96.8 Å². The lowest BCUT2D eigenvalue weighted by molar-refractivity contribution is -0.0396. The van der Waals surface area contributed by atoms with Gasteiger partial charge in [-0.1, -0.05) is 117 Å². The third-order valence-corrected chi connectivity index (χ3v) is 16.0. The molecule has 1 spiro atoms. The van der Waals surface area contributed by atoms with Gasteiger partial charge in [-0.2, -0.15) is 0 Å². The standard InChI is InChI=1S/C52H41N3S/c1-51(2)42-17-8-6-13-35(42)36-20-19-32(26-43(36)51)49-53-48(31-11-4-3-5-12-31)54-50(55-49)39-16-10-15-38-40-27-41-37-14-7-9-18-45(37)56-46(41)28-44(40)52(47(38)39)33-22-29-21-30(24-33)25-34(52)23-29/h3-20,26-30,33-34H,21-25H2,1-2H3. The van der Waals surface area contributed by atoms with Gasteiger partial charge < -0.3 is 0 Å². The van der Waals surface area contributed by atoms with E-state index in [1.54, 1.807) is 5.56 Å². The van der Waals surface area contributed by atoms with Crippen LogP contribution < -0.4 is 0 Å². The van der Waals surface area contributed by atoms with E-state index >= 15 is 0 Å².